The number of likely N-dealkylation sites (tertiary alicyclic amines) is 1. The van der Waals surface area contributed by atoms with Crippen LogP contribution < -0.4 is 4.74 Å². The molecule has 0 N–H and O–H groups in total. The number of alkyl halides is 3. The van der Waals surface area contributed by atoms with Crippen molar-refractivity contribution >= 4 is 21.8 Å². The molecule has 1 aromatic heterocycles. The number of carbonyl (C=O) groups excluding carboxylic acids is 1. The van der Waals surface area contributed by atoms with Gasteiger partial charge in [-0.25, -0.2) is 4.98 Å². The zero-order valence-corrected chi connectivity index (χ0v) is 14.5. The van der Waals surface area contributed by atoms with Crippen molar-refractivity contribution in [2.45, 2.75) is 18.7 Å². The average molecular weight is 415 g/mol. The smallest absolute Gasteiger partial charge is 0.416 e. The van der Waals surface area contributed by atoms with E-state index >= 15 is 0 Å². The summed E-state index contributed by atoms with van der Waals surface area (Å²) in [5, 5.41) is 0. The number of rotatable bonds is 3. The zero-order valence-electron chi connectivity index (χ0n) is 13.0. The molecule has 1 saturated heterocycles. The minimum Gasteiger partial charge on any atom is -0.472 e. The maximum Gasteiger partial charge on any atom is 0.416 e. The van der Waals surface area contributed by atoms with Gasteiger partial charge in [0.2, 0.25) is 5.88 Å². The highest BCUT2D eigenvalue weighted by Crippen LogP contribution is 2.31. The van der Waals surface area contributed by atoms with Crippen LogP contribution in [0.25, 0.3) is 0 Å². The van der Waals surface area contributed by atoms with Gasteiger partial charge in [0.25, 0.3) is 5.91 Å². The lowest BCUT2D eigenvalue weighted by Gasteiger charge is -2.17. The standard InChI is InChI=1S/C17H14BrF3N2O2/c18-13-3-1-2-11(8-13)16(24)23-7-5-14(10-23)25-15-9-12(4-6-22-15)17(19,20)21/h1-4,6,8-9,14H,5,7,10H2/t14-/m0/s1. The lowest BCUT2D eigenvalue weighted by atomic mass is 10.2. The number of nitrogens with zero attached hydrogens (tertiary/aromatic N) is 2. The molecular formula is C17H14BrF3N2O2. The SMILES string of the molecule is O=C(c1cccc(Br)c1)N1CC[C@H](Oc2cc(C(F)(F)F)ccn2)C1. The van der Waals surface area contributed by atoms with Crippen LogP contribution in [0.3, 0.4) is 0 Å². The van der Waals surface area contributed by atoms with E-state index in [4.69, 9.17) is 4.74 Å². The van der Waals surface area contributed by atoms with Gasteiger partial charge in [0.15, 0.2) is 0 Å². The predicted molar refractivity (Wildman–Crippen MR) is 88.3 cm³/mol. The van der Waals surface area contributed by atoms with Gasteiger partial charge in [0.05, 0.1) is 12.1 Å². The summed E-state index contributed by atoms with van der Waals surface area (Å²) >= 11 is 3.32. The highest BCUT2D eigenvalue weighted by atomic mass is 79.9. The number of benzene rings is 1. The van der Waals surface area contributed by atoms with Crippen molar-refractivity contribution in [2.24, 2.45) is 0 Å². The Bertz CT molecular complexity index is 782. The minimum absolute atomic E-state index is 0.0865. The summed E-state index contributed by atoms with van der Waals surface area (Å²) in [5.74, 6) is -0.221. The molecule has 1 amide bonds. The quantitative estimate of drug-likeness (QED) is 0.757. The maximum absolute atomic E-state index is 12.7. The second kappa shape index (κ2) is 7.03. The normalized spacial score (nSPS) is 17.6. The fourth-order valence-electron chi connectivity index (χ4n) is 2.63. The third-order valence-electron chi connectivity index (χ3n) is 3.85. The third-order valence-corrected chi connectivity index (χ3v) is 4.35. The first kappa shape index (κ1) is 17.7. The largest absolute Gasteiger partial charge is 0.472 e. The molecule has 1 fully saturated rings. The molecule has 1 aliphatic rings. The van der Waals surface area contributed by atoms with Gasteiger partial charge in [-0.3, -0.25) is 4.79 Å². The zero-order chi connectivity index (χ0) is 18.0. The van der Waals surface area contributed by atoms with Crippen molar-refractivity contribution in [2.75, 3.05) is 13.1 Å². The van der Waals surface area contributed by atoms with Crippen LogP contribution in [0.2, 0.25) is 0 Å². The summed E-state index contributed by atoms with van der Waals surface area (Å²) in [6, 6.07) is 8.81. The summed E-state index contributed by atoms with van der Waals surface area (Å²) in [6.07, 6.45) is -3.22. The molecule has 0 radical (unpaired) electrons. The average Bonchev–Trinajstić information content (AvgIpc) is 3.02. The number of halogens is 4. The van der Waals surface area contributed by atoms with Crippen molar-refractivity contribution in [3.05, 3.63) is 58.2 Å². The van der Waals surface area contributed by atoms with E-state index < -0.39 is 11.7 Å². The van der Waals surface area contributed by atoms with Crippen LogP contribution in [-0.2, 0) is 6.18 Å². The minimum atomic E-state index is -4.45. The van der Waals surface area contributed by atoms with Crippen LogP contribution in [0.15, 0.2) is 47.1 Å². The number of hydrogen-bond donors (Lipinski definition) is 0. The fraction of sp³-hybridized carbons (Fsp3) is 0.294. The van der Waals surface area contributed by atoms with Gasteiger partial charge in [0, 0.05) is 35.3 Å². The van der Waals surface area contributed by atoms with Crippen LogP contribution in [0, 0.1) is 0 Å². The van der Waals surface area contributed by atoms with Crippen LogP contribution in [0.1, 0.15) is 22.3 Å². The molecule has 0 spiro atoms. The Labute approximate surface area is 150 Å². The van der Waals surface area contributed by atoms with Crippen LogP contribution in [0.5, 0.6) is 5.88 Å². The van der Waals surface area contributed by atoms with E-state index in [1.54, 1.807) is 23.1 Å². The molecule has 2 aromatic rings. The topological polar surface area (TPSA) is 42.4 Å². The fourth-order valence-corrected chi connectivity index (χ4v) is 3.03. The number of ether oxygens (including phenoxy) is 1. The van der Waals surface area contributed by atoms with Gasteiger partial charge in [-0.1, -0.05) is 22.0 Å². The number of carbonyl (C=O) groups is 1. The van der Waals surface area contributed by atoms with Crippen molar-refractivity contribution in [1.29, 1.82) is 0 Å². The van der Waals surface area contributed by atoms with E-state index in [1.807, 2.05) is 6.07 Å². The van der Waals surface area contributed by atoms with E-state index in [2.05, 4.69) is 20.9 Å². The predicted octanol–water partition coefficient (Wildman–Crippen LogP) is 4.16. The lowest BCUT2D eigenvalue weighted by molar-refractivity contribution is -0.137. The van der Waals surface area contributed by atoms with Gasteiger partial charge in [-0.2, -0.15) is 13.2 Å². The van der Waals surface area contributed by atoms with Crippen molar-refractivity contribution in [1.82, 2.24) is 9.88 Å². The van der Waals surface area contributed by atoms with Crippen molar-refractivity contribution in [3.8, 4) is 5.88 Å². The van der Waals surface area contributed by atoms with Crippen LogP contribution in [0.4, 0.5) is 13.2 Å². The number of amides is 1. The van der Waals surface area contributed by atoms with E-state index in [0.29, 0.717) is 25.1 Å². The van der Waals surface area contributed by atoms with E-state index in [9.17, 15) is 18.0 Å². The molecule has 132 valence electrons. The van der Waals surface area contributed by atoms with Crippen LogP contribution in [-0.4, -0.2) is 35.0 Å². The molecular weight excluding hydrogens is 401 g/mol. The van der Waals surface area contributed by atoms with Gasteiger partial charge in [-0.05, 0) is 24.3 Å². The Morgan fingerprint density at radius 1 is 1.28 bits per heavy atom. The molecule has 2 heterocycles. The summed E-state index contributed by atoms with van der Waals surface area (Å²) in [4.78, 5) is 17.9. The molecule has 0 unspecified atom stereocenters. The Morgan fingerprint density at radius 3 is 2.80 bits per heavy atom. The molecule has 1 aliphatic heterocycles. The maximum atomic E-state index is 12.7. The molecule has 0 aliphatic carbocycles. The Balaban J connectivity index is 1.65. The molecule has 1 atom stereocenters. The molecule has 0 saturated carbocycles. The Morgan fingerprint density at radius 2 is 2.08 bits per heavy atom. The Kier molecular flexibility index (Phi) is 4.99. The van der Waals surface area contributed by atoms with E-state index in [1.165, 1.54) is 0 Å². The molecule has 8 heteroatoms. The van der Waals surface area contributed by atoms with Gasteiger partial charge in [-0.15, -0.1) is 0 Å². The number of aromatic nitrogens is 1. The lowest BCUT2D eigenvalue weighted by Crippen LogP contribution is -2.31. The summed E-state index contributed by atoms with van der Waals surface area (Å²) in [7, 11) is 0. The summed E-state index contributed by atoms with van der Waals surface area (Å²) in [5.41, 5.74) is -0.259. The number of hydrogen-bond acceptors (Lipinski definition) is 3. The molecule has 25 heavy (non-hydrogen) atoms. The van der Waals surface area contributed by atoms with Gasteiger partial charge < -0.3 is 9.64 Å². The highest BCUT2D eigenvalue weighted by molar-refractivity contribution is 9.10. The first-order valence-electron chi connectivity index (χ1n) is 7.57. The first-order valence-corrected chi connectivity index (χ1v) is 8.37. The second-order valence-electron chi connectivity index (χ2n) is 5.67. The number of pyridine rings is 1. The summed E-state index contributed by atoms with van der Waals surface area (Å²) in [6.45, 7) is 0.790. The van der Waals surface area contributed by atoms with E-state index in [-0.39, 0.29) is 17.9 Å². The first-order chi connectivity index (χ1) is 11.8. The monoisotopic (exact) mass is 414 g/mol. The van der Waals surface area contributed by atoms with Gasteiger partial charge in [0.1, 0.15) is 6.10 Å². The van der Waals surface area contributed by atoms with Crippen LogP contribution >= 0.6 is 15.9 Å². The van der Waals surface area contributed by atoms with Crippen molar-refractivity contribution in [3.63, 3.8) is 0 Å². The Hall–Kier alpha value is -2.09. The third kappa shape index (κ3) is 4.31. The highest BCUT2D eigenvalue weighted by Gasteiger charge is 2.32. The molecule has 0 bridgehead atoms. The molecule has 1 aromatic carbocycles. The molecule has 4 nitrogen and oxygen atoms in total. The van der Waals surface area contributed by atoms with E-state index in [0.717, 1.165) is 22.8 Å². The molecule has 3 rings (SSSR count). The summed E-state index contributed by atoms with van der Waals surface area (Å²) < 4.78 is 44.5. The second-order valence-corrected chi connectivity index (χ2v) is 6.59. The van der Waals surface area contributed by atoms with Crippen molar-refractivity contribution < 1.29 is 22.7 Å². The van der Waals surface area contributed by atoms with Gasteiger partial charge >= 0.3 is 6.18 Å².